The lowest BCUT2D eigenvalue weighted by Crippen LogP contribution is -2.49. The predicted molar refractivity (Wildman–Crippen MR) is 136 cm³/mol. The Kier molecular flexibility index (Phi) is 8.35. The number of carbonyl (C=O) groups excluding carboxylic acids is 1. The number of carbonyl (C=O) groups is 1. The molecular formula is C25H31FN6O3S. The average Bonchev–Trinajstić information content (AvgIpc) is 3.32. The van der Waals surface area contributed by atoms with Crippen LogP contribution >= 0.6 is 11.8 Å². The zero-order chi connectivity index (χ0) is 25.7. The fraction of sp³-hybridized carbons (Fsp3) is 0.440. The summed E-state index contributed by atoms with van der Waals surface area (Å²) in [5.41, 5.74) is 1.80. The van der Waals surface area contributed by atoms with Crippen molar-refractivity contribution < 1.29 is 18.7 Å². The molecule has 4 rings (SSSR count). The van der Waals surface area contributed by atoms with E-state index in [4.69, 9.17) is 14.5 Å². The molecule has 1 fully saturated rings. The summed E-state index contributed by atoms with van der Waals surface area (Å²) in [7, 11) is 4.00. The second-order valence-corrected chi connectivity index (χ2v) is 9.98. The maximum absolute atomic E-state index is 13.6. The van der Waals surface area contributed by atoms with Gasteiger partial charge in [-0.1, -0.05) is 11.8 Å². The third-order valence-corrected chi connectivity index (χ3v) is 6.42. The summed E-state index contributed by atoms with van der Waals surface area (Å²) in [5, 5.41) is 3.60. The highest BCUT2D eigenvalue weighted by atomic mass is 32.2. The normalized spacial score (nSPS) is 20.0. The van der Waals surface area contributed by atoms with Crippen molar-refractivity contribution in [2.24, 2.45) is 5.41 Å². The molecular weight excluding hydrogens is 483 g/mol. The fourth-order valence-electron chi connectivity index (χ4n) is 3.79. The molecule has 1 aliphatic rings. The van der Waals surface area contributed by atoms with Gasteiger partial charge in [0, 0.05) is 18.3 Å². The largest absolute Gasteiger partial charge is 0.355 e. The van der Waals surface area contributed by atoms with Crippen LogP contribution < -0.4 is 5.32 Å². The van der Waals surface area contributed by atoms with Crippen LogP contribution in [-0.4, -0.2) is 77.4 Å². The average molecular weight is 515 g/mol. The van der Waals surface area contributed by atoms with Crippen molar-refractivity contribution in [1.29, 1.82) is 0 Å². The number of imidazole rings is 1. The molecule has 2 N–H and O–H groups in total. The number of aromatic nitrogens is 4. The quantitative estimate of drug-likeness (QED) is 0.254. The Balaban J connectivity index is 1.53. The van der Waals surface area contributed by atoms with Gasteiger partial charge in [0.1, 0.15) is 5.82 Å². The lowest BCUT2D eigenvalue weighted by Gasteiger charge is -2.35. The summed E-state index contributed by atoms with van der Waals surface area (Å²) < 4.78 is 25.5. The van der Waals surface area contributed by atoms with E-state index in [1.54, 1.807) is 24.4 Å². The van der Waals surface area contributed by atoms with Crippen LogP contribution in [0, 0.1) is 11.2 Å². The fourth-order valence-corrected chi connectivity index (χ4v) is 4.15. The standard InChI is InChI=1S/C25H31FN6O3S/c1-25(23(33)27-11-5-13-32(2)3)14-34-22(35-15-25)21-30-19(16-6-8-17(26)9-7-16)20(31-21)18-10-12-28-24(29-18)36-4/h6-10,12,22H,5,11,13-15H2,1-4H3,(H,27,33)(H,30,31). The Bertz CT molecular complexity index is 1180. The van der Waals surface area contributed by atoms with Crippen LogP contribution in [0.3, 0.4) is 0 Å². The highest BCUT2D eigenvalue weighted by molar-refractivity contribution is 7.98. The van der Waals surface area contributed by atoms with Crippen molar-refractivity contribution in [2.45, 2.75) is 24.8 Å². The predicted octanol–water partition coefficient (Wildman–Crippen LogP) is 3.51. The Morgan fingerprint density at radius 3 is 2.61 bits per heavy atom. The number of thioether (sulfide) groups is 1. The van der Waals surface area contributed by atoms with Gasteiger partial charge in [-0.3, -0.25) is 4.79 Å². The molecule has 0 saturated carbocycles. The van der Waals surface area contributed by atoms with E-state index in [1.807, 2.05) is 27.3 Å². The van der Waals surface area contributed by atoms with Gasteiger partial charge >= 0.3 is 0 Å². The highest BCUT2D eigenvalue weighted by Crippen LogP contribution is 2.35. The summed E-state index contributed by atoms with van der Waals surface area (Å²) in [4.78, 5) is 31.7. The van der Waals surface area contributed by atoms with Crippen LogP contribution in [0.5, 0.6) is 0 Å². The maximum atomic E-state index is 13.6. The molecule has 0 aliphatic carbocycles. The number of ether oxygens (including phenoxy) is 2. The Morgan fingerprint density at radius 1 is 1.22 bits per heavy atom. The molecule has 1 aliphatic heterocycles. The lowest BCUT2D eigenvalue weighted by molar-refractivity contribution is -0.231. The zero-order valence-electron chi connectivity index (χ0n) is 20.9. The molecule has 36 heavy (non-hydrogen) atoms. The number of nitrogens with zero attached hydrogens (tertiary/aromatic N) is 4. The van der Waals surface area contributed by atoms with E-state index in [9.17, 15) is 9.18 Å². The maximum Gasteiger partial charge on any atom is 0.230 e. The molecule has 1 aromatic carbocycles. The summed E-state index contributed by atoms with van der Waals surface area (Å²) in [6.45, 7) is 3.68. The minimum Gasteiger partial charge on any atom is -0.355 e. The third kappa shape index (κ3) is 6.09. The van der Waals surface area contributed by atoms with Gasteiger partial charge in [0.2, 0.25) is 12.2 Å². The highest BCUT2D eigenvalue weighted by Gasteiger charge is 2.40. The molecule has 2 aromatic heterocycles. The first-order valence-electron chi connectivity index (χ1n) is 11.7. The molecule has 0 spiro atoms. The van der Waals surface area contributed by atoms with Crippen LogP contribution in [-0.2, 0) is 14.3 Å². The van der Waals surface area contributed by atoms with Gasteiger partial charge < -0.3 is 24.7 Å². The van der Waals surface area contributed by atoms with Gasteiger partial charge in [-0.15, -0.1) is 0 Å². The van der Waals surface area contributed by atoms with E-state index in [2.05, 4.69) is 25.2 Å². The smallest absolute Gasteiger partial charge is 0.230 e. The van der Waals surface area contributed by atoms with Crippen LogP contribution in [0.15, 0.2) is 41.7 Å². The van der Waals surface area contributed by atoms with Crippen molar-refractivity contribution in [2.75, 3.05) is 46.7 Å². The molecule has 3 aromatic rings. The monoisotopic (exact) mass is 514 g/mol. The minimum atomic E-state index is -0.802. The number of H-pyrrole nitrogens is 1. The lowest BCUT2D eigenvalue weighted by atomic mass is 9.91. The SMILES string of the molecule is CSc1nccc(-c2[nH]c(C3OCC(C)(C(=O)NCCCN(C)C)CO3)nc2-c2ccc(F)cc2)n1. The van der Waals surface area contributed by atoms with E-state index >= 15 is 0 Å². The van der Waals surface area contributed by atoms with Crippen molar-refractivity contribution >= 4 is 17.7 Å². The number of hydrogen-bond donors (Lipinski definition) is 2. The van der Waals surface area contributed by atoms with Crippen molar-refractivity contribution in [3.05, 3.63) is 48.2 Å². The van der Waals surface area contributed by atoms with Gasteiger partial charge in [0.15, 0.2) is 11.0 Å². The molecule has 0 bridgehead atoms. The van der Waals surface area contributed by atoms with Gasteiger partial charge in [-0.05, 0) is 70.6 Å². The zero-order valence-corrected chi connectivity index (χ0v) is 21.7. The number of amides is 1. The van der Waals surface area contributed by atoms with E-state index in [1.165, 1.54) is 23.9 Å². The molecule has 0 radical (unpaired) electrons. The Labute approximate surface area is 214 Å². The van der Waals surface area contributed by atoms with Crippen molar-refractivity contribution in [3.8, 4) is 22.6 Å². The van der Waals surface area contributed by atoms with E-state index in [0.717, 1.165) is 18.5 Å². The molecule has 9 nitrogen and oxygen atoms in total. The number of aromatic amines is 1. The van der Waals surface area contributed by atoms with E-state index in [-0.39, 0.29) is 24.9 Å². The second kappa shape index (κ2) is 11.5. The van der Waals surface area contributed by atoms with Crippen molar-refractivity contribution in [3.63, 3.8) is 0 Å². The van der Waals surface area contributed by atoms with E-state index < -0.39 is 11.7 Å². The third-order valence-electron chi connectivity index (χ3n) is 5.86. The second-order valence-electron chi connectivity index (χ2n) is 9.21. The van der Waals surface area contributed by atoms with Gasteiger partial charge in [-0.2, -0.15) is 0 Å². The van der Waals surface area contributed by atoms with Crippen LogP contribution in [0.2, 0.25) is 0 Å². The topological polar surface area (TPSA) is 105 Å². The summed E-state index contributed by atoms with van der Waals surface area (Å²) >= 11 is 1.43. The summed E-state index contributed by atoms with van der Waals surface area (Å²) in [6, 6.07) is 7.88. The molecule has 11 heteroatoms. The van der Waals surface area contributed by atoms with Gasteiger partial charge in [-0.25, -0.2) is 19.3 Å². The minimum absolute atomic E-state index is 0.0996. The van der Waals surface area contributed by atoms with Crippen LogP contribution in [0.1, 0.15) is 25.5 Å². The number of halogens is 1. The van der Waals surface area contributed by atoms with Gasteiger partial charge in [0.05, 0.1) is 35.7 Å². The Morgan fingerprint density at radius 2 is 1.94 bits per heavy atom. The molecule has 192 valence electrons. The molecule has 0 atom stereocenters. The number of nitrogens with one attached hydrogen (secondary N) is 2. The first-order valence-corrected chi connectivity index (χ1v) is 12.9. The van der Waals surface area contributed by atoms with E-state index in [0.29, 0.717) is 34.6 Å². The number of rotatable bonds is 9. The molecule has 0 unspecified atom stereocenters. The summed E-state index contributed by atoms with van der Waals surface area (Å²) in [5.74, 6) is 0.0143. The first-order chi connectivity index (χ1) is 17.3. The molecule has 1 amide bonds. The first kappa shape index (κ1) is 26.2. The van der Waals surface area contributed by atoms with Gasteiger partial charge in [0.25, 0.3) is 0 Å². The number of benzene rings is 1. The molecule has 3 heterocycles. The van der Waals surface area contributed by atoms with Crippen molar-refractivity contribution in [1.82, 2.24) is 30.2 Å². The Hall–Kier alpha value is -2.86. The summed E-state index contributed by atoms with van der Waals surface area (Å²) in [6.07, 6.45) is 3.66. The van der Waals surface area contributed by atoms with Crippen LogP contribution in [0.4, 0.5) is 4.39 Å². The number of hydrogen-bond acceptors (Lipinski definition) is 8. The van der Waals surface area contributed by atoms with Crippen LogP contribution in [0.25, 0.3) is 22.6 Å². The molecule has 1 saturated heterocycles.